The zero-order chi connectivity index (χ0) is 20.5. The van der Waals surface area contributed by atoms with Gasteiger partial charge in [0.05, 0.1) is 11.6 Å². The van der Waals surface area contributed by atoms with Gasteiger partial charge < -0.3 is 4.57 Å². The number of nitrogens with one attached hydrogen (secondary N) is 1. The van der Waals surface area contributed by atoms with Gasteiger partial charge in [0.1, 0.15) is 0 Å². The van der Waals surface area contributed by atoms with Gasteiger partial charge in [0, 0.05) is 29.1 Å². The van der Waals surface area contributed by atoms with Crippen LogP contribution in [-0.2, 0) is 19.4 Å². The number of nitriles is 1. The number of aromatic nitrogens is 1. The Bertz CT molecular complexity index is 978. The molecule has 0 aliphatic rings. The number of hydrogen-bond acceptors (Lipinski definition) is 3. The Hall–Kier alpha value is -2.35. The molecule has 0 saturated heterocycles. The van der Waals surface area contributed by atoms with Crippen molar-refractivity contribution in [3.63, 3.8) is 0 Å². The number of nitrogens with zero attached hydrogens (tertiary/aromatic N) is 2. The van der Waals surface area contributed by atoms with E-state index in [4.69, 9.17) is 22.3 Å². The SMILES string of the molecule is CC(C)Cn1c(Cc2ccc(Cl)cc2)csc1=N.CCc1cccc(C#N)c1. The van der Waals surface area contributed by atoms with Crippen LogP contribution in [0, 0.1) is 22.7 Å². The van der Waals surface area contributed by atoms with Crippen molar-refractivity contribution in [3.8, 4) is 6.07 Å². The Kier molecular flexibility index (Phi) is 8.50. The van der Waals surface area contributed by atoms with E-state index in [-0.39, 0.29) is 0 Å². The second-order valence-corrected chi connectivity index (χ2v) is 8.30. The first kappa shape index (κ1) is 21.9. The molecule has 0 aliphatic carbocycles. The van der Waals surface area contributed by atoms with E-state index in [0.717, 1.165) is 30.0 Å². The summed E-state index contributed by atoms with van der Waals surface area (Å²) in [5.41, 5.74) is 4.41. The lowest BCUT2D eigenvalue weighted by molar-refractivity contribution is 0.500. The summed E-state index contributed by atoms with van der Waals surface area (Å²) in [4.78, 5) is 0.632. The fourth-order valence-electron chi connectivity index (χ4n) is 2.76. The summed E-state index contributed by atoms with van der Waals surface area (Å²) in [6, 6.07) is 17.7. The molecule has 0 amide bonds. The maximum Gasteiger partial charge on any atom is 0.182 e. The minimum atomic E-state index is 0.553. The largest absolute Gasteiger partial charge is 0.321 e. The van der Waals surface area contributed by atoms with Gasteiger partial charge in [-0.25, -0.2) is 0 Å². The molecule has 0 unspecified atom stereocenters. The van der Waals surface area contributed by atoms with Crippen molar-refractivity contribution < 1.29 is 0 Å². The van der Waals surface area contributed by atoms with Gasteiger partial charge >= 0.3 is 0 Å². The first-order valence-corrected chi connectivity index (χ1v) is 10.6. The van der Waals surface area contributed by atoms with Gasteiger partial charge in [-0.05, 0) is 47.7 Å². The van der Waals surface area contributed by atoms with E-state index in [2.05, 4.69) is 36.8 Å². The summed E-state index contributed by atoms with van der Waals surface area (Å²) < 4.78 is 2.10. The van der Waals surface area contributed by atoms with Crippen molar-refractivity contribution in [2.45, 2.75) is 40.2 Å². The molecule has 146 valence electrons. The van der Waals surface area contributed by atoms with Crippen molar-refractivity contribution >= 4 is 22.9 Å². The zero-order valence-electron chi connectivity index (χ0n) is 16.6. The molecule has 0 spiro atoms. The average Bonchev–Trinajstić information content (AvgIpc) is 3.03. The standard InChI is InChI=1S/C14H17ClN2S.C9H9N/c1-10(2)8-17-13(9-18-14(17)16)7-11-3-5-12(15)6-4-11;1-2-8-4-3-5-9(6-8)7-10/h3-6,9-10,16H,7-8H2,1-2H3;3-6H,2H2,1H3. The van der Waals surface area contributed by atoms with Crippen LogP contribution in [0.3, 0.4) is 0 Å². The summed E-state index contributed by atoms with van der Waals surface area (Å²) in [5, 5.41) is 19.3. The Morgan fingerprint density at radius 2 is 1.86 bits per heavy atom. The molecule has 0 atom stereocenters. The molecular weight excluding hydrogens is 386 g/mol. The summed E-state index contributed by atoms with van der Waals surface area (Å²) in [6.45, 7) is 7.34. The van der Waals surface area contributed by atoms with Crippen molar-refractivity contribution in [2.75, 3.05) is 0 Å². The van der Waals surface area contributed by atoms with E-state index in [0.29, 0.717) is 10.7 Å². The lowest BCUT2D eigenvalue weighted by Gasteiger charge is -2.11. The van der Waals surface area contributed by atoms with Crippen LogP contribution in [-0.4, -0.2) is 4.57 Å². The molecule has 28 heavy (non-hydrogen) atoms. The number of aryl methyl sites for hydroxylation is 1. The summed E-state index contributed by atoms with van der Waals surface area (Å²) in [7, 11) is 0. The minimum Gasteiger partial charge on any atom is -0.321 e. The second kappa shape index (κ2) is 10.8. The highest BCUT2D eigenvalue weighted by molar-refractivity contribution is 7.07. The van der Waals surface area contributed by atoms with Crippen molar-refractivity contribution in [1.82, 2.24) is 4.57 Å². The van der Waals surface area contributed by atoms with Crippen LogP contribution in [0.5, 0.6) is 0 Å². The van der Waals surface area contributed by atoms with Crippen LogP contribution in [0.2, 0.25) is 5.02 Å². The number of halogens is 1. The van der Waals surface area contributed by atoms with Gasteiger partial charge in [0.2, 0.25) is 0 Å². The van der Waals surface area contributed by atoms with E-state index in [9.17, 15) is 0 Å². The van der Waals surface area contributed by atoms with E-state index < -0.39 is 0 Å². The number of hydrogen-bond donors (Lipinski definition) is 1. The molecule has 0 radical (unpaired) electrons. The number of rotatable bonds is 5. The Morgan fingerprint density at radius 3 is 2.46 bits per heavy atom. The number of thiazole rings is 1. The molecule has 3 rings (SSSR count). The van der Waals surface area contributed by atoms with E-state index in [1.807, 2.05) is 48.5 Å². The fourth-order valence-corrected chi connectivity index (χ4v) is 3.66. The molecule has 5 heteroatoms. The van der Waals surface area contributed by atoms with Crippen LogP contribution in [0.1, 0.15) is 43.2 Å². The van der Waals surface area contributed by atoms with E-state index >= 15 is 0 Å². The summed E-state index contributed by atoms with van der Waals surface area (Å²) in [6.07, 6.45) is 1.86. The minimum absolute atomic E-state index is 0.553. The normalized spacial score (nSPS) is 10.3. The molecule has 0 fully saturated rings. The second-order valence-electron chi connectivity index (χ2n) is 7.01. The van der Waals surface area contributed by atoms with Crippen LogP contribution < -0.4 is 4.80 Å². The molecule has 0 bridgehead atoms. The van der Waals surface area contributed by atoms with Gasteiger partial charge in [-0.2, -0.15) is 5.26 Å². The van der Waals surface area contributed by atoms with Gasteiger partial charge in [-0.3, -0.25) is 5.41 Å². The first-order chi connectivity index (χ1) is 13.4. The molecule has 3 nitrogen and oxygen atoms in total. The van der Waals surface area contributed by atoms with Crippen molar-refractivity contribution in [2.24, 2.45) is 5.92 Å². The monoisotopic (exact) mass is 411 g/mol. The van der Waals surface area contributed by atoms with Gasteiger partial charge in [-0.1, -0.05) is 56.6 Å². The molecule has 1 N–H and O–H groups in total. The summed E-state index contributed by atoms with van der Waals surface area (Å²) >= 11 is 7.38. The quantitative estimate of drug-likeness (QED) is 0.545. The lowest BCUT2D eigenvalue weighted by Crippen LogP contribution is -2.19. The molecular formula is C23H26ClN3S. The predicted octanol–water partition coefficient (Wildman–Crippen LogP) is 6.05. The fraction of sp³-hybridized carbons (Fsp3) is 0.304. The molecule has 1 aromatic heterocycles. The zero-order valence-corrected chi connectivity index (χ0v) is 18.1. The number of benzene rings is 2. The Labute approximate surface area is 176 Å². The topological polar surface area (TPSA) is 52.6 Å². The van der Waals surface area contributed by atoms with Crippen LogP contribution in [0.4, 0.5) is 0 Å². The molecule has 1 heterocycles. The highest BCUT2D eigenvalue weighted by Crippen LogP contribution is 2.15. The first-order valence-electron chi connectivity index (χ1n) is 9.38. The lowest BCUT2D eigenvalue weighted by atomic mass is 10.1. The van der Waals surface area contributed by atoms with Gasteiger partial charge in [0.15, 0.2) is 4.80 Å². The van der Waals surface area contributed by atoms with Crippen molar-refractivity contribution in [1.29, 1.82) is 10.7 Å². The van der Waals surface area contributed by atoms with E-state index in [1.165, 1.54) is 28.2 Å². The third-order valence-electron chi connectivity index (χ3n) is 4.21. The van der Waals surface area contributed by atoms with Crippen LogP contribution in [0.25, 0.3) is 0 Å². The Morgan fingerprint density at radius 1 is 1.14 bits per heavy atom. The molecule has 0 saturated carbocycles. The van der Waals surface area contributed by atoms with E-state index in [1.54, 1.807) is 0 Å². The smallest absolute Gasteiger partial charge is 0.182 e. The van der Waals surface area contributed by atoms with Crippen molar-refractivity contribution in [3.05, 3.63) is 86.1 Å². The summed E-state index contributed by atoms with van der Waals surface area (Å²) in [5.74, 6) is 0.553. The highest BCUT2D eigenvalue weighted by atomic mass is 35.5. The van der Waals surface area contributed by atoms with Gasteiger partial charge in [0.25, 0.3) is 0 Å². The molecule has 0 aliphatic heterocycles. The Balaban J connectivity index is 0.000000237. The highest BCUT2D eigenvalue weighted by Gasteiger charge is 2.07. The maximum atomic E-state index is 8.51. The van der Waals surface area contributed by atoms with Gasteiger partial charge in [-0.15, -0.1) is 11.3 Å². The van der Waals surface area contributed by atoms with Crippen LogP contribution >= 0.6 is 22.9 Å². The third-order valence-corrected chi connectivity index (χ3v) is 5.29. The molecule has 2 aromatic carbocycles. The predicted molar refractivity (Wildman–Crippen MR) is 118 cm³/mol. The average molecular weight is 412 g/mol. The molecule has 3 aromatic rings. The third kappa shape index (κ3) is 6.67. The maximum absolute atomic E-state index is 8.51. The van der Waals surface area contributed by atoms with Crippen LogP contribution in [0.15, 0.2) is 53.9 Å².